The summed E-state index contributed by atoms with van der Waals surface area (Å²) in [6.45, 7) is 0.748. The predicted octanol–water partition coefficient (Wildman–Crippen LogP) is 4.63. The molecule has 1 aromatic heterocycles. The summed E-state index contributed by atoms with van der Waals surface area (Å²) in [6, 6.07) is 24.0. The molecule has 1 saturated heterocycles. The average molecular weight is 627 g/mol. The van der Waals surface area contributed by atoms with Crippen LogP contribution >= 0.6 is 23.5 Å². The van der Waals surface area contributed by atoms with E-state index in [2.05, 4.69) is 10.3 Å². The molecule has 44 heavy (non-hydrogen) atoms. The minimum atomic E-state index is -0.713. The second kappa shape index (κ2) is 13.4. The maximum Gasteiger partial charge on any atom is 0.356 e. The fourth-order valence-electron chi connectivity index (χ4n) is 5.00. The van der Waals surface area contributed by atoms with Gasteiger partial charge in [0.2, 0.25) is 5.91 Å². The Morgan fingerprint density at radius 3 is 2.45 bits per heavy atom. The van der Waals surface area contributed by atoms with Crippen LogP contribution in [0.1, 0.15) is 16.7 Å². The van der Waals surface area contributed by atoms with Crippen molar-refractivity contribution in [1.82, 2.24) is 19.8 Å². The average Bonchev–Trinajstić information content (AvgIpc) is 3.57. The Balaban J connectivity index is 1.19. The first-order valence-corrected chi connectivity index (χ1v) is 15.9. The Labute approximate surface area is 263 Å². The van der Waals surface area contributed by atoms with Crippen molar-refractivity contribution in [2.45, 2.75) is 35.9 Å². The number of aromatic nitrogens is 2. The number of β-lactam (4-membered cyclic amide) rings is 1. The molecule has 3 aromatic carbocycles. The van der Waals surface area contributed by atoms with Crippen molar-refractivity contribution in [3.8, 4) is 5.75 Å². The van der Waals surface area contributed by atoms with Gasteiger partial charge in [-0.2, -0.15) is 0 Å². The molecule has 11 heteroatoms. The lowest BCUT2D eigenvalue weighted by atomic mass is 10.0. The van der Waals surface area contributed by atoms with E-state index in [1.165, 1.54) is 28.4 Å². The number of carbonyl (C=O) groups excluding carboxylic acids is 3. The number of amides is 2. The van der Waals surface area contributed by atoms with Crippen LogP contribution in [0.4, 0.5) is 0 Å². The first-order chi connectivity index (χ1) is 21.5. The number of esters is 1. The van der Waals surface area contributed by atoms with Gasteiger partial charge in [0.1, 0.15) is 29.5 Å². The van der Waals surface area contributed by atoms with Crippen LogP contribution in [-0.2, 0) is 38.7 Å². The van der Waals surface area contributed by atoms with Gasteiger partial charge in [-0.05, 0) is 41.0 Å². The van der Waals surface area contributed by atoms with Gasteiger partial charge in [0, 0.05) is 34.5 Å². The van der Waals surface area contributed by atoms with Crippen LogP contribution in [0.5, 0.6) is 5.75 Å². The van der Waals surface area contributed by atoms with Gasteiger partial charge in [-0.25, -0.2) is 9.78 Å². The summed E-state index contributed by atoms with van der Waals surface area (Å²) in [4.78, 5) is 47.1. The molecular weight excluding hydrogens is 597 g/mol. The van der Waals surface area contributed by atoms with Gasteiger partial charge in [-0.15, -0.1) is 11.8 Å². The molecule has 0 spiro atoms. The molecule has 0 unspecified atom stereocenters. The summed E-state index contributed by atoms with van der Waals surface area (Å²) in [7, 11) is 1.59. The number of benzene rings is 3. The molecule has 0 aliphatic carbocycles. The van der Waals surface area contributed by atoms with Gasteiger partial charge in [-0.1, -0.05) is 66.4 Å². The van der Waals surface area contributed by atoms with Crippen molar-refractivity contribution in [2.75, 3.05) is 12.9 Å². The summed E-state index contributed by atoms with van der Waals surface area (Å²) in [5.74, 6) is 0.0598. The molecule has 3 heterocycles. The topological polar surface area (TPSA) is 103 Å². The molecule has 2 aliphatic heterocycles. The highest BCUT2D eigenvalue weighted by Crippen LogP contribution is 2.45. The predicted molar refractivity (Wildman–Crippen MR) is 169 cm³/mol. The van der Waals surface area contributed by atoms with E-state index in [9.17, 15) is 14.4 Å². The highest BCUT2D eigenvalue weighted by molar-refractivity contribution is 8.06. The minimum Gasteiger partial charge on any atom is -0.497 e. The number of rotatable bonds is 11. The van der Waals surface area contributed by atoms with Gasteiger partial charge < -0.3 is 19.4 Å². The Morgan fingerprint density at radius 2 is 1.75 bits per heavy atom. The number of carbonyl (C=O) groups is 3. The molecule has 2 atom stereocenters. The SMILES string of the molecule is COc1ccc(COC(=O)C2=C(Sc3ccc(Cn4ccnc4)cc3)CS[C@H]3[C@H](NC(=O)Cc4ccccc4)C(=O)N23)cc1. The van der Waals surface area contributed by atoms with Crippen molar-refractivity contribution in [3.05, 3.63) is 125 Å². The van der Waals surface area contributed by atoms with Crippen LogP contribution in [0.15, 0.2) is 113 Å². The number of nitrogens with one attached hydrogen (secondary N) is 1. The molecular formula is C33H30N4O5S2. The van der Waals surface area contributed by atoms with Crippen molar-refractivity contribution in [3.63, 3.8) is 0 Å². The van der Waals surface area contributed by atoms with Crippen LogP contribution < -0.4 is 10.1 Å². The molecule has 2 amide bonds. The maximum absolute atomic E-state index is 13.6. The number of fused-ring (bicyclic) bond motifs is 1. The molecule has 0 bridgehead atoms. The third-order valence-corrected chi connectivity index (χ3v) is 9.82. The molecule has 9 nitrogen and oxygen atoms in total. The fourth-order valence-corrected chi connectivity index (χ4v) is 7.47. The molecule has 6 rings (SSSR count). The van der Waals surface area contributed by atoms with Crippen molar-refractivity contribution < 1.29 is 23.9 Å². The highest BCUT2D eigenvalue weighted by atomic mass is 32.2. The number of ether oxygens (including phenoxy) is 2. The summed E-state index contributed by atoms with van der Waals surface area (Å²) in [5, 5.41) is 2.48. The van der Waals surface area contributed by atoms with E-state index in [4.69, 9.17) is 9.47 Å². The number of thioether (sulfide) groups is 2. The second-order valence-corrected chi connectivity index (χ2v) is 12.6. The summed E-state index contributed by atoms with van der Waals surface area (Å²) in [6.07, 6.45) is 5.60. The summed E-state index contributed by atoms with van der Waals surface area (Å²) >= 11 is 2.97. The van der Waals surface area contributed by atoms with Crippen molar-refractivity contribution >= 4 is 41.3 Å². The van der Waals surface area contributed by atoms with E-state index in [1.54, 1.807) is 31.8 Å². The highest BCUT2D eigenvalue weighted by Gasteiger charge is 2.54. The van der Waals surface area contributed by atoms with E-state index in [-0.39, 0.29) is 30.5 Å². The maximum atomic E-state index is 13.6. The lowest BCUT2D eigenvalue weighted by Crippen LogP contribution is -2.70. The van der Waals surface area contributed by atoms with Gasteiger partial charge in [-0.3, -0.25) is 14.5 Å². The first kappa shape index (κ1) is 29.6. The quantitative estimate of drug-likeness (QED) is 0.190. The van der Waals surface area contributed by atoms with Gasteiger partial charge >= 0.3 is 5.97 Å². The van der Waals surface area contributed by atoms with Crippen LogP contribution in [0.25, 0.3) is 0 Å². The summed E-state index contributed by atoms with van der Waals surface area (Å²) < 4.78 is 12.9. The Hall–Kier alpha value is -4.48. The standard InChI is InChI=1S/C33H30N4O5S2/c1-41-25-11-7-24(8-12-25)19-42-33(40)30-27(44-26-13-9-23(10-14-26)18-36-16-15-34-21-36)20-43-32-29(31(39)37(30)32)35-28(38)17-22-5-3-2-4-6-22/h2-16,21,29,32H,17-20H2,1H3,(H,35,38)/t29-,32+/m1/s1. The number of hydrogen-bond donors (Lipinski definition) is 1. The molecule has 0 radical (unpaired) electrons. The van der Waals surface area contributed by atoms with E-state index in [0.29, 0.717) is 18.0 Å². The zero-order valence-corrected chi connectivity index (χ0v) is 25.6. The minimum absolute atomic E-state index is 0.0459. The third kappa shape index (κ3) is 6.68. The molecule has 2 aliphatic rings. The zero-order valence-electron chi connectivity index (χ0n) is 23.9. The molecule has 1 fully saturated rings. The van der Waals surface area contributed by atoms with Crippen molar-refractivity contribution in [2.24, 2.45) is 0 Å². The van der Waals surface area contributed by atoms with Gasteiger partial charge in [0.15, 0.2) is 0 Å². The monoisotopic (exact) mass is 626 g/mol. The van der Waals surface area contributed by atoms with Crippen LogP contribution in [0, 0.1) is 0 Å². The molecule has 1 N–H and O–H groups in total. The van der Waals surface area contributed by atoms with E-state index >= 15 is 0 Å². The first-order valence-electron chi connectivity index (χ1n) is 14.0. The molecule has 0 saturated carbocycles. The normalized spacial score (nSPS) is 17.5. The Bertz CT molecular complexity index is 1660. The molecule has 224 valence electrons. The third-order valence-electron chi connectivity index (χ3n) is 7.27. The van der Waals surface area contributed by atoms with Crippen LogP contribution in [0.3, 0.4) is 0 Å². The lowest BCUT2D eigenvalue weighted by molar-refractivity contribution is -0.153. The van der Waals surface area contributed by atoms with Gasteiger partial charge in [0.05, 0.1) is 19.9 Å². The van der Waals surface area contributed by atoms with Crippen LogP contribution in [-0.4, -0.2) is 56.5 Å². The van der Waals surface area contributed by atoms with Gasteiger partial charge in [0.25, 0.3) is 5.91 Å². The van der Waals surface area contributed by atoms with Crippen LogP contribution in [0.2, 0.25) is 0 Å². The van der Waals surface area contributed by atoms with E-state index in [1.807, 2.05) is 77.5 Å². The summed E-state index contributed by atoms with van der Waals surface area (Å²) in [5.41, 5.74) is 3.01. The Morgan fingerprint density at radius 1 is 1.00 bits per heavy atom. The molecule has 4 aromatic rings. The number of imidazole rings is 1. The second-order valence-electron chi connectivity index (χ2n) is 10.3. The zero-order chi connectivity index (χ0) is 30.5. The van der Waals surface area contributed by atoms with E-state index < -0.39 is 17.4 Å². The number of methoxy groups -OCH3 is 1. The largest absolute Gasteiger partial charge is 0.497 e. The Kier molecular flexibility index (Phi) is 9.04. The van der Waals surface area contributed by atoms with E-state index in [0.717, 1.165) is 26.5 Å². The number of nitrogens with zero attached hydrogens (tertiary/aromatic N) is 3. The van der Waals surface area contributed by atoms with Crippen molar-refractivity contribution in [1.29, 1.82) is 0 Å². The number of hydrogen-bond acceptors (Lipinski definition) is 8. The smallest absolute Gasteiger partial charge is 0.356 e. The fraction of sp³-hybridized carbons (Fsp3) is 0.212. The lowest BCUT2D eigenvalue weighted by Gasteiger charge is -2.49.